The molecule has 0 radical (unpaired) electrons. The molecule has 0 fully saturated rings. The summed E-state index contributed by atoms with van der Waals surface area (Å²) in [6.45, 7) is 1.77. The summed E-state index contributed by atoms with van der Waals surface area (Å²) in [6, 6.07) is 0. The van der Waals surface area contributed by atoms with E-state index in [0.29, 0.717) is 10.6 Å². The molecule has 82 valence electrons. The predicted molar refractivity (Wildman–Crippen MR) is 56.4 cm³/mol. The number of amides is 1. The summed E-state index contributed by atoms with van der Waals surface area (Å²) >= 11 is 1.25. The normalized spacial score (nSPS) is 9.53. The molecule has 0 bridgehead atoms. The summed E-state index contributed by atoms with van der Waals surface area (Å²) in [5, 5.41) is 4.65. The van der Waals surface area contributed by atoms with Crippen LogP contribution in [0.1, 0.15) is 15.9 Å². The maximum atomic E-state index is 11.4. The van der Waals surface area contributed by atoms with Crippen LogP contribution in [-0.2, 0) is 9.47 Å². The van der Waals surface area contributed by atoms with Crippen molar-refractivity contribution in [1.29, 1.82) is 0 Å². The lowest BCUT2D eigenvalue weighted by Gasteiger charge is -2.04. The fourth-order valence-corrected chi connectivity index (χ4v) is 1.95. The molecule has 0 aliphatic carbocycles. The van der Waals surface area contributed by atoms with Crippen LogP contribution in [0.15, 0.2) is 5.38 Å². The predicted octanol–water partition coefficient (Wildman–Crippen LogP) is 2.02. The van der Waals surface area contributed by atoms with E-state index in [1.54, 1.807) is 12.3 Å². The lowest BCUT2D eigenvalue weighted by atomic mass is 10.2. The quantitative estimate of drug-likeness (QED) is 0.788. The molecule has 1 amide bonds. The smallest absolute Gasteiger partial charge is 0.411 e. The molecular formula is C9H11NO4S. The topological polar surface area (TPSA) is 64.6 Å². The second-order valence-corrected chi connectivity index (χ2v) is 3.61. The molecule has 0 saturated heterocycles. The van der Waals surface area contributed by atoms with Gasteiger partial charge in [-0.15, -0.1) is 11.3 Å². The number of thiophene rings is 1. The number of carbonyl (C=O) groups is 2. The molecule has 0 aromatic carbocycles. The standard InChI is InChI=1S/C9H11NO4S/c1-5-4-15-7(10-9(12)14-3)6(5)8(11)13-2/h4H,1-3H3,(H,10,12). The Morgan fingerprint density at radius 3 is 2.53 bits per heavy atom. The van der Waals surface area contributed by atoms with Gasteiger partial charge in [-0.2, -0.15) is 0 Å². The van der Waals surface area contributed by atoms with Gasteiger partial charge >= 0.3 is 12.1 Å². The van der Waals surface area contributed by atoms with Crippen molar-refractivity contribution in [3.05, 3.63) is 16.5 Å². The molecule has 0 spiro atoms. The van der Waals surface area contributed by atoms with E-state index >= 15 is 0 Å². The van der Waals surface area contributed by atoms with Crippen molar-refractivity contribution in [2.75, 3.05) is 19.5 Å². The van der Waals surface area contributed by atoms with Crippen LogP contribution in [0, 0.1) is 6.92 Å². The van der Waals surface area contributed by atoms with Crippen molar-refractivity contribution in [2.24, 2.45) is 0 Å². The van der Waals surface area contributed by atoms with Crippen LogP contribution in [0.5, 0.6) is 0 Å². The van der Waals surface area contributed by atoms with E-state index in [1.165, 1.54) is 25.6 Å². The molecule has 1 aromatic rings. The van der Waals surface area contributed by atoms with Gasteiger partial charge in [0.2, 0.25) is 0 Å². The molecule has 15 heavy (non-hydrogen) atoms. The summed E-state index contributed by atoms with van der Waals surface area (Å²) in [5.41, 5.74) is 1.13. The second-order valence-electron chi connectivity index (χ2n) is 2.73. The van der Waals surface area contributed by atoms with Gasteiger partial charge in [-0.1, -0.05) is 0 Å². The van der Waals surface area contributed by atoms with Gasteiger partial charge in [-0.05, 0) is 17.9 Å². The highest BCUT2D eigenvalue weighted by Crippen LogP contribution is 2.28. The minimum Gasteiger partial charge on any atom is -0.465 e. The largest absolute Gasteiger partial charge is 0.465 e. The minimum atomic E-state index is -0.609. The van der Waals surface area contributed by atoms with E-state index in [1.807, 2.05) is 0 Å². The third-order valence-electron chi connectivity index (χ3n) is 1.77. The van der Waals surface area contributed by atoms with Gasteiger partial charge in [0.1, 0.15) is 5.00 Å². The maximum Gasteiger partial charge on any atom is 0.411 e. The summed E-state index contributed by atoms with van der Waals surface area (Å²) < 4.78 is 9.04. The second kappa shape index (κ2) is 4.79. The molecule has 1 N–H and O–H groups in total. The van der Waals surface area contributed by atoms with Crippen molar-refractivity contribution >= 4 is 28.4 Å². The van der Waals surface area contributed by atoms with Crippen LogP contribution in [0.25, 0.3) is 0 Å². The van der Waals surface area contributed by atoms with Gasteiger partial charge in [0.05, 0.1) is 19.8 Å². The zero-order valence-corrected chi connectivity index (χ0v) is 9.44. The highest BCUT2D eigenvalue weighted by atomic mass is 32.1. The zero-order chi connectivity index (χ0) is 11.4. The fourth-order valence-electron chi connectivity index (χ4n) is 1.04. The summed E-state index contributed by atoms with van der Waals surface area (Å²) in [4.78, 5) is 22.4. The van der Waals surface area contributed by atoms with E-state index in [2.05, 4.69) is 14.8 Å². The Morgan fingerprint density at radius 2 is 2.00 bits per heavy atom. The van der Waals surface area contributed by atoms with Gasteiger partial charge in [0.25, 0.3) is 0 Å². The van der Waals surface area contributed by atoms with Crippen molar-refractivity contribution in [1.82, 2.24) is 0 Å². The first-order chi connectivity index (χ1) is 7.10. The van der Waals surface area contributed by atoms with E-state index in [9.17, 15) is 9.59 Å². The van der Waals surface area contributed by atoms with Gasteiger partial charge in [0.15, 0.2) is 0 Å². The number of ether oxygens (including phenoxy) is 2. The van der Waals surface area contributed by atoms with Gasteiger partial charge < -0.3 is 9.47 Å². The highest BCUT2D eigenvalue weighted by Gasteiger charge is 2.18. The molecule has 0 atom stereocenters. The van der Waals surface area contributed by atoms with Crippen molar-refractivity contribution in [2.45, 2.75) is 6.92 Å². The number of anilines is 1. The van der Waals surface area contributed by atoms with Crippen molar-refractivity contribution < 1.29 is 19.1 Å². The first-order valence-electron chi connectivity index (χ1n) is 4.11. The third-order valence-corrected chi connectivity index (χ3v) is 2.78. The number of esters is 1. The van der Waals surface area contributed by atoms with Crippen molar-refractivity contribution in [3.63, 3.8) is 0 Å². The first-order valence-corrected chi connectivity index (χ1v) is 4.99. The van der Waals surface area contributed by atoms with E-state index in [-0.39, 0.29) is 0 Å². The molecule has 0 unspecified atom stereocenters. The molecule has 1 heterocycles. The molecule has 0 aliphatic rings. The highest BCUT2D eigenvalue weighted by molar-refractivity contribution is 7.15. The molecular weight excluding hydrogens is 218 g/mol. The number of methoxy groups -OCH3 is 2. The van der Waals surface area contributed by atoms with Crippen LogP contribution in [0.3, 0.4) is 0 Å². The third kappa shape index (κ3) is 2.47. The number of aryl methyl sites for hydroxylation is 1. The maximum absolute atomic E-state index is 11.4. The average molecular weight is 229 g/mol. The number of nitrogens with one attached hydrogen (secondary N) is 1. The summed E-state index contributed by atoms with van der Waals surface area (Å²) in [5.74, 6) is -0.472. The Labute approximate surface area is 91.0 Å². The molecule has 1 rings (SSSR count). The van der Waals surface area contributed by atoms with E-state index in [0.717, 1.165) is 5.56 Å². The first kappa shape index (κ1) is 11.5. The van der Waals surface area contributed by atoms with Gasteiger partial charge in [-0.25, -0.2) is 9.59 Å². The molecule has 0 saturated carbocycles. The number of rotatable bonds is 2. The molecule has 0 aliphatic heterocycles. The van der Waals surface area contributed by atoms with Crippen LogP contribution < -0.4 is 5.32 Å². The van der Waals surface area contributed by atoms with E-state index < -0.39 is 12.1 Å². The Bertz CT molecular complexity index is 385. The van der Waals surface area contributed by atoms with E-state index in [4.69, 9.17) is 0 Å². The van der Waals surface area contributed by atoms with Crippen LogP contribution in [0.4, 0.5) is 9.80 Å². The van der Waals surface area contributed by atoms with Crippen molar-refractivity contribution in [3.8, 4) is 0 Å². The SMILES string of the molecule is COC(=O)Nc1scc(C)c1C(=O)OC. The zero-order valence-electron chi connectivity index (χ0n) is 8.62. The summed E-state index contributed by atoms with van der Waals surface area (Å²) in [6.07, 6.45) is -0.609. The molecule has 6 heteroatoms. The van der Waals surface area contributed by atoms with Gasteiger partial charge in [0, 0.05) is 0 Å². The average Bonchev–Trinajstić information content (AvgIpc) is 2.58. The Hall–Kier alpha value is -1.56. The number of carbonyl (C=O) groups excluding carboxylic acids is 2. The number of hydrogen-bond acceptors (Lipinski definition) is 5. The molecule has 1 aromatic heterocycles. The van der Waals surface area contributed by atoms with Crippen LogP contribution in [-0.4, -0.2) is 26.3 Å². The Morgan fingerprint density at radius 1 is 1.33 bits per heavy atom. The lowest BCUT2D eigenvalue weighted by molar-refractivity contribution is 0.0601. The number of hydrogen-bond donors (Lipinski definition) is 1. The fraction of sp³-hybridized carbons (Fsp3) is 0.333. The lowest BCUT2D eigenvalue weighted by Crippen LogP contribution is -2.13. The van der Waals surface area contributed by atoms with Crippen LogP contribution >= 0.6 is 11.3 Å². The summed E-state index contributed by atoms with van der Waals surface area (Å²) in [7, 11) is 2.55. The van der Waals surface area contributed by atoms with Gasteiger partial charge in [-0.3, -0.25) is 5.32 Å². The Balaban J connectivity index is 2.98. The molecule has 5 nitrogen and oxygen atoms in total. The Kier molecular flexibility index (Phi) is 3.68. The van der Waals surface area contributed by atoms with Crippen LogP contribution in [0.2, 0.25) is 0 Å². The minimum absolute atomic E-state index is 0.368. The monoisotopic (exact) mass is 229 g/mol.